The molecule has 4 rings (SSSR count). The summed E-state index contributed by atoms with van der Waals surface area (Å²) in [5.74, 6) is -0.0732. The van der Waals surface area contributed by atoms with Crippen molar-refractivity contribution in [2.24, 2.45) is 0 Å². The summed E-state index contributed by atoms with van der Waals surface area (Å²) >= 11 is 0. The van der Waals surface area contributed by atoms with Crippen LogP contribution in [0, 0.1) is 0 Å². The molecule has 10 heteroatoms. The molecule has 2 aromatic heterocycles. The predicted octanol–water partition coefficient (Wildman–Crippen LogP) is 3.16. The molecule has 35 heavy (non-hydrogen) atoms. The van der Waals surface area contributed by atoms with Crippen LogP contribution in [0.4, 0.5) is 5.69 Å². The van der Waals surface area contributed by atoms with Crippen molar-refractivity contribution in [2.45, 2.75) is 24.9 Å². The highest BCUT2D eigenvalue weighted by Crippen LogP contribution is 2.20. The molecule has 2 heterocycles. The number of anilines is 1. The van der Waals surface area contributed by atoms with Gasteiger partial charge in [-0.1, -0.05) is 6.07 Å². The first-order valence-electron chi connectivity index (χ1n) is 10.8. The molecule has 0 aliphatic carbocycles. The highest BCUT2D eigenvalue weighted by molar-refractivity contribution is 7.89. The van der Waals surface area contributed by atoms with E-state index >= 15 is 0 Å². The third-order valence-electron chi connectivity index (χ3n) is 5.48. The Bertz CT molecular complexity index is 1530. The molecule has 0 unspecified atom stereocenters. The van der Waals surface area contributed by atoms with E-state index in [2.05, 4.69) is 15.0 Å². The Labute approximate surface area is 202 Å². The largest absolute Gasteiger partial charge is 0.497 e. The summed E-state index contributed by atoms with van der Waals surface area (Å²) in [6.45, 7) is 2.57. The number of hydrogen-bond acceptors (Lipinski definition) is 6. The van der Waals surface area contributed by atoms with Crippen LogP contribution in [0.5, 0.6) is 5.75 Å². The van der Waals surface area contributed by atoms with Crippen LogP contribution >= 0.6 is 0 Å². The monoisotopic (exact) mass is 492 g/mol. The number of carbonyl (C=O) groups excluding carboxylic acids is 1. The van der Waals surface area contributed by atoms with Crippen molar-refractivity contribution in [3.05, 3.63) is 94.5 Å². The Balaban J connectivity index is 1.54. The van der Waals surface area contributed by atoms with E-state index in [1.165, 1.54) is 37.6 Å². The lowest BCUT2D eigenvalue weighted by atomic mass is 10.1. The van der Waals surface area contributed by atoms with E-state index in [0.29, 0.717) is 28.9 Å². The van der Waals surface area contributed by atoms with Gasteiger partial charge in [0.05, 0.1) is 22.9 Å². The second kappa shape index (κ2) is 10.1. The van der Waals surface area contributed by atoms with Crippen LogP contribution < -0.4 is 20.2 Å². The smallest absolute Gasteiger partial charge is 0.261 e. The average Bonchev–Trinajstić information content (AvgIpc) is 2.88. The maximum atomic E-state index is 13.0. The second-order valence-corrected chi connectivity index (χ2v) is 9.47. The molecule has 2 N–H and O–H groups in total. The van der Waals surface area contributed by atoms with Gasteiger partial charge in [-0.3, -0.25) is 14.6 Å². The van der Waals surface area contributed by atoms with Crippen molar-refractivity contribution in [1.82, 2.24) is 14.3 Å². The van der Waals surface area contributed by atoms with Gasteiger partial charge in [0.25, 0.3) is 5.91 Å². The van der Waals surface area contributed by atoms with Crippen molar-refractivity contribution in [3.63, 3.8) is 0 Å². The molecule has 0 saturated heterocycles. The molecule has 0 fully saturated rings. The number of nitrogens with one attached hydrogen (secondary N) is 2. The Morgan fingerprint density at radius 2 is 1.89 bits per heavy atom. The SMILES string of the molecule is CCn1cc(C(=O)Nc2ccc(S(=O)(=O)NCc3cccnc3)cc2)c(=O)c2cc(OC)ccc21. The summed E-state index contributed by atoms with van der Waals surface area (Å²) in [6, 6.07) is 14.4. The van der Waals surface area contributed by atoms with Crippen molar-refractivity contribution in [3.8, 4) is 5.75 Å². The van der Waals surface area contributed by atoms with E-state index in [1.807, 2.05) is 11.5 Å². The summed E-state index contributed by atoms with van der Waals surface area (Å²) in [6.07, 6.45) is 4.71. The van der Waals surface area contributed by atoms with Gasteiger partial charge in [-0.15, -0.1) is 0 Å². The molecule has 0 aliphatic rings. The standard InChI is InChI=1S/C25H24N4O5S/c1-3-29-16-22(24(30)21-13-19(34-2)8-11-23(21)29)25(31)28-18-6-9-20(10-7-18)35(32,33)27-15-17-5-4-12-26-14-17/h4-14,16,27H,3,15H2,1-2H3,(H,28,31). The molecule has 180 valence electrons. The van der Waals surface area contributed by atoms with Crippen LogP contribution in [0.3, 0.4) is 0 Å². The van der Waals surface area contributed by atoms with E-state index in [1.54, 1.807) is 42.7 Å². The highest BCUT2D eigenvalue weighted by atomic mass is 32.2. The van der Waals surface area contributed by atoms with E-state index in [9.17, 15) is 18.0 Å². The van der Waals surface area contributed by atoms with E-state index in [4.69, 9.17) is 4.74 Å². The van der Waals surface area contributed by atoms with E-state index in [-0.39, 0.29) is 17.0 Å². The summed E-state index contributed by atoms with van der Waals surface area (Å²) in [4.78, 5) is 30.0. The lowest BCUT2D eigenvalue weighted by Gasteiger charge is -2.13. The fourth-order valence-corrected chi connectivity index (χ4v) is 4.62. The van der Waals surface area contributed by atoms with Gasteiger partial charge in [-0.25, -0.2) is 13.1 Å². The van der Waals surface area contributed by atoms with E-state index in [0.717, 1.165) is 5.56 Å². The van der Waals surface area contributed by atoms with Gasteiger partial charge in [0, 0.05) is 37.4 Å². The first kappa shape index (κ1) is 24.1. The molecule has 4 aromatic rings. The fraction of sp³-hybridized carbons (Fsp3) is 0.160. The number of nitrogens with zero attached hydrogens (tertiary/aromatic N) is 2. The maximum Gasteiger partial charge on any atom is 0.261 e. The predicted molar refractivity (Wildman–Crippen MR) is 133 cm³/mol. The molecule has 2 aromatic carbocycles. The molecule has 0 atom stereocenters. The van der Waals surface area contributed by atoms with Crippen LogP contribution in [0.1, 0.15) is 22.8 Å². The molecule has 1 amide bonds. The number of sulfonamides is 1. The van der Waals surface area contributed by atoms with Crippen molar-refractivity contribution < 1.29 is 17.9 Å². The van der Waals surface area contributed by atoms with Crippen molar-refractivity contribution in [2.75, 3.05) is 12.4 Å². The molecule has 0 aliphatic heterocycles. The summed E-state index contributed by atoms with van der Waals surface area (Å²) < 4.78 is 34.7. The molecule has 0 saturated carbocycles. The summed E-state index contributed by atoms with van der Waals surface area (Å²) in [5.41, 5.74) is 1.34. The minimum Gasteiger partial charge on any atom is -0.497 e. The molecular weight excluding hydrogens is 468 g/mol. The zero-order valence-electron chi connectivity index (χ0n) is 19.2. The van der Waals surface area contributed by atoms with Gasteiger partial charge < -0.3 is 14.6 Å². The first-order valence-corrected chi connectivity index (χ1v) is 12.3. The molecule has 0 radical (unpaired) electrons. The fourth-order valence-electron chi connectivity index (χ4n) is 3.61. The normalized spacial score (nSPS) is 11.4. The van der Waals surface area contributed by atoms with Crippen LogP contribution in [-0.2, 0) is 23.1 Å². The van der Waals surface area contributed by atoms with Gasteiger partial charge in [0.2, 0.25) is 15.5 Å². The number of amides is 1. The van der Waals surface area contributed by atoms with Gasteiger partial charge in [0.15, 0.2) is 0 Å². The number of pyridine rings is 2. The lowest BCUT2D eigenvalue weighted by molar-refractivity contribution is 0.102. The van der Waals surface area contributed by atoms with Crippen LogP contribution in [-0.4, -0.2) is 31.0 Å². The zero-order chi connectivity index (χ0) is 25.0. The number of aryl methyl sites for hydroxylation is 1. The Morgan fingerprint density at radius 1 is 1.11 bits per heavy atom. The number of methoxy groups -OCH3 is 1. The first-order chi connectivity index (χ1) is 16.8. The molecular formula is C25H24N4O5S. The lowest BCUT2D eigenvalue weighted by Crippen LogP contribution is -2.24. The highest BCUT2D eigenvalue weighted by Gasteiger charge is 2.17. The van der Waals surface area contributed by atoms with Gasteiger partial charge >= 0.3 is 0 Å². The van der Waals surface area contributed by atoms with Gasteiger partial charge in [0.1, 0.15) is 11.3 Å². The third-order valence-corrected chi connectivity index (χ3v) is 6.90. The quantitative estimate of drug-likeness (QED) is 0.390. The minimum absolute atomic E-state index is 0.0255. The maximum absolute atomic E-state index is 13.0. The number of carbonyl (C=O) groups is 1. The summed E-state index contributed by atoms with van der Waals surface area (Å²) in [7, 11) is -2.25. The summed E-state index contributed by atoms with van der Waals surface area (Å²) in [5, 5.41) is 3.05. The third kappa shape index (κ3) is 5.23. The number of ether oxygens (including phenoxy) is 1. The van der Waals surface area contributed by atoms with E-state index < -0.39 is 21.4 Å². The average molecular weight is 493 g/mol. The Kier molecular flexibility index (Phi) is 6.94. The number of aromatic nitrogens is 2. The molecule has 0 spiro atoms. The molecule has 0 bridgehead atoms. The van der Waals surface area contributed by atoms with Crippen LogP contribution in [0.2, 0.25) is 0 Å². The van der Waals surface area contributed by atoms with Gasteiger partial charge in [-0.2, -0.15) is 0 Å². The zero-order valence-corrected chi connectivity index (χ0v) is 20.0. The number of benzene rings is 2. The van der Waals surface area contributed by atoms with Crippen molar-refractivity contribution in [1.29, 1.82) is 0 Å². The second-order valence-electron chi connectivity index (χ2n) is 7.71. The number of rotatable bonds is 8. The Morgan fingerprint density at radius 3 is 2.54 bits per heavy atom. The number of fused-ring (bicyclic) bond motifs is 1. The van der Waals surface area contributed by atoms with Gasteiger partial charge in [-0.05, 0) is 61.0 Å². The number of hydrogen-bond donors (Lipinski definition) is 2. The van der Waals surface area contributed by atoms with Crippen LogP contribution in [0.15, 0.2) is 82.9 Å². The topological polar surface area (TPSA) is 119 Å². The van der Waals surface area contributed by atoms with Crippen molar-refractivity contribution >= 4 is 32.5 Å². The molecule has 9 nitrogen and oxygen atoms in total. The van der Waals surface area contributed by atoms with Crippen LogP contribution in [0.25, 0.3) is 10.9 Å². The Hall–Kier alpha value is -4.02. The minimum atomic E-state index is -3.76.